The van der Waals surface area contributed by atoms with E-state index >= 15 is 0 Å². The summed E-state index contributed by atoms with van der Waals surface area (Å²) in [6.45, 7) is 4.90. The number of rotatable bonds is 5. The second-order valence-corrected chi connectivity index (χ2v) is 10.9. The van der Waals surface area contributed by atoms with Crippen LogP contribution in [0.2, 0.25) is 5.02 Å². The fourth-order valence-electron chi connectivity index (χ4n) is 2.29. The molecule has 12 heteroatoms. The number of benzene rings is 2. The minimum atomic E-state index is -4.84. The Kier molecular flexibility index (Phi) is 6.30. The fraction of sp³-hybridized carbons (Fsp3) is 0.294. The van der Waals surface area contributed by atoms with Crippen LogP contribution in [0.3, 0.4) is 0 Å². The second kappa shape index (κ2) is 7.78. The van der Waals surface area contributed by atoms with Gasteiger partial charge in [-0.3, -0.25) is 4.72 Å². The van der Waals surface area contributed by atoms with Crippen molar-refractivity contribution in [3.63, 3.8) is 0 Å². The average molecular weight is 471 g/mol. The van der Waals surface area contributed by atoms with Crippen LogP contribution < -0.4 is 9.44 Å². The van der Waals surface area contributed by atoms with Crippen LogP contribution in [0.5, 0.6) is 0 Å². The summed E-state index contributed by atoms with van der Waals surface area (Å²) in [6, 6.07) is 7.05. The van der Waals surface area contributed by atoms with Crippen molar-refractivity contribution in [1.82, 2.24) is 4.72 Å². The molecule has 6 nitrogen and oxygen atoms in total. The molecule has 2 aromatic carbocycles. The molecule has 0 aliphatic carbocycles. The highest BCUT2D eigenvalue weighted by Gasteiger charge is 2.34. The van der Waals surface area contributed by atoms with Gasteiger partial charge in [0.2, 0.25) is 10.0 Å². The smallest absolute Gasteiger partial charge is 0.280 e. The van der Waals surface area contributed by atoms with E-state index in [1.54, 1.807) is 20.8 Å². The SMILES string of the molecule is CC(C)(C)NS(=O)(=O)c1cccc(NS(=O)(=O)c2ccc(Cl)c(C(F)(F)F)c2)c1. The second-order valence-electron chi connectivity index (χ2n) is 7.13. The monoisotopic (exact) mass is 470 g/mol. The van der Waals surface area contributed by atoms with Crippen LogP contribution in [0.1, 0.15) is 26.3 Å². The molecule has 0 atom stereocenters. The predicted octanol–water partition coefficient (Wildman–Crippen LogP) is 4.24. The van der Waals surface area contributed by atoms with Crippen molar-refractivity contribution in [3.05, 3.63) is 53.1 Å². The minimum absolute atomic E-state index is 0.134. The van der Waals surface area contributed by atoms with Gasteiger partial charge in [-0.1, -0.05) is 17.7 Å². The van der Waals surface area contributed by atoms with Crippen LogP contribution in [0.25, 0.3) is 0 Å². The Hall–Kier alpha value is -1.82. The van der Waals surface area contributed by atoms with Crippen LogP contribution >= 0.6 is 11.6 Å². The lowest BCUT2D eigenvalue weighted by atomic mass is 10.1. The lowest BCUT2D eigenvalue weighted by Crippen LogP contribution is -2.40. The van der Waals surface area contributed by atoms with E-state index in [4.69, 9.17) is 11.6 Å². The first-order valence-corrected chi connectivity index (χ1v) is 11.4. The van der Waals surface area contributed by atoms with E-state index in [1.165, 1.54) is 18.2 Å². The first-order valence-electron chi connectivity index (χ1n) is 8.05. The summed E-state index contributed by atoms with van der Waals surface area (Å²) in [6.07, 6.45) is -4.84. The molecule has 0 aliphatic rings. The lowest BCUT2D eigenvalue weighted by molar-refractivity contribution is -0.137. The first kappa shape index (κ1) is 23.5. The Labute approximate surface area is 172 Å². The van der Waals surface area contributed by atoms with Gasteiger partial charge < -0.3 is 0 Å². The van der Waals surface area contributed by atoms with E-state index in [-0.39, 0.29) is 10.6 Å². The molecule has 0 aliphatic heterocycles. The van der Waals surface area contributed by atoms with Gasteiger partial charge in [0, 0.05) is 5.54 Å². The van der Waals surface area contributed by atoms with Crippen molar-refractivity contribution < 1.29 is 30.0 Å². The Morgan fingerprint density at radius 2 is 1.45 bits per heavy atom. The summed E-state index contributed by atoms with van der Waals surface area (Å²) in [4.78, 5) is -0.880. The molecule has 29 heavy (non-hydrogen) atoms. The van der Waals surface area contributed by atoms with E-state index in [0.717, 1.165) is 18.2 Å². The van der Waals surface area contributed by atoms with E-state index in [9.17, 15) is 30.0 Å². The minimum Gasteiger partial charge on any atom is -0.280 e. The maximum absolute atomic E-state index is 13.0. The zero-order valence-corrected chi connectivity index (χ0v) is 17.9. The summed E-state index contributed by atoms with van der Waals surface area (Å²) >= 11 is 5.51. The number of alkyl halides is 3. The zero-order valence-electron chi connectivity index (χ0n) is 15.5. The maximum atomic E-state index is 13.0. The number of halogens is 4. The van der Waals surface area contributed by atoms with E-state index in [1.807, 2.05) is 0 Å². The molecule has 0 amide bonds. The van der Waals surface area contributed by atoms with Gasteiger partial charge in [-0.25, -0.2) is 21.6 Å². The number of nitrogens with one attached hydrogen (secondary N) is 2. The summed E-state index contributed by atoms with van der Waals surface area (Å²) < 4.78 is 93.3. The molecule has 160 valence electrons. The molecular formula is C17H18ClF3N2O4S2. The Morgan fingerprint density at radius 3 is 2.00 bits per heavy atom. The third-order valence-electron chi connectivity index (χ3n) is 3.39. The van der Waals surface area contributed by atoms with Crippen LogP contribution in [0, 0.1) is 0 Å². The van der Waals surface area contributed by atoms with Crippen molar-refractivity contribution in [2.45, 2.75) is 42.3 Å². The Bertz CT molecular complexity index is 1130. The predicted molar refractivity (Wildman–Crippen MR) is 104 cm³/mol. The molecule has 0 saturated heterocycles. The largest absolute Gasteiger partial charge is 0.417 e. The van der Waals surface area contributed by atoms with Gasteiger partial charge in [-0.05, 0) is 57.2 Å². The molecule has 0 heterocycles. The first-order chi connectivity index (χ1) is 13.0. The Morgan fingerprint density at radius 1 is 0.862 bits per heavy atom. The molecule has 0 aromatic heterocycles. The number of hydrogen-bond donors (Lipinski definition) is 2. The van der Waals surface area contributed by atoms with Gasteiger partial charge in [0.15, 0.2) is 0 Å². The lowest BCUT2D eigenvalue weighted by Gasteiger charge is -2.20. The molecule has 0 radical (unpaired) electrons. The number of hydrogen-bond acceptors (Lipinski definition) is 4. The quantitative estimate of drug-likeness (QED) is 0.683. The third kappa shape index (κ3) is 6.08. The highest BCUT2D eigenvalue weighted by molar-refractivity contribution is 7.92. The van der Waals surface area contributed by atoms with Gasteiger partial charge in [0.1, 0.15) is 0 Å². The summed E-state index contributed by atoms with van der Waals surface area (Å²) in [7, 11) is -8.38. The molecule has 0 saturated carbocycles. The van der Waals surface area contributed by atoms with Crippen LogP contribution in [-0.4, -0.2) is 22.4 Å². The third-order valence-corrected chi connectivity index (χ3v) is 6.85. The number of anilines is 1. The van der Waals surface area contributed by atoms with Crippen molar-refractivity contribution >= 4 is 37.3 Å². The Balaban J connectivity index is 2.40. The highest BCUT2D eigenvalue weighted by Crippen LogP contribution is 2.36. The normalized spacial score (nSPS) is 13.3. The molecule has 2 rings (SSSR count). The van der Waals surface area contributed by atoms with Crippen LogP contribution in [0.4, 0.5) is 18.9 Å². The summed E-state index contributed by atoms with van der Waals surface area (Å²) in [5.41, 5.74) is -2.20. The van der Waals surface area contributed by atoms with E-state index in [0.29, 0.717) is 6.07 Å². The van der Waals surface area contributed by atoms with E-state index in [2.05, 4.69) is 9.44 Å². The van der Waals surface area contributed by atoms with Crippen molar-refractivity contribution in [2.24, 2.45) is 0 Å². The fourth-order valence-corrected chi connectivity index (χ4v) is 5.06. The van der Waals surface area contributed by atoms with Crippen LogP contribution in [-0.2, 0) is 26.2 Å². The van der Waals surface area contributed by atoms with Crippen molar-refractivity contribution in [3.8, 4) is 0 Å². The molecule has 2 N–H and O–H groups in total. The standard InChI is InChI=1S/C17H18ClF3N2O4S2/c1-16(2,3)23-29(26,27)12-6-4-5-11(9-12)22-28(24,25)13-7-8-15(18)14(10-13)17(19,20)21/h4-10,22-23H,1-3H3. The summed E-state index contributed by atoms with van der Waals surface area (Å²) in [5.74, 6) is 0. The molecular weight excluding hydrogens is 453 g/mol. The van der Waals surface area contributed by atoms with E-state index < -0.39 is 47.2 Å². The molecule has 2 aromatic rings. The molecule has 0 unspecified atom stereocenters. The maximum Gasteiger partial charge on any atom is 0.417 e. The highest BCUT2D eigenvalue weighted by atomic mass is 35.5. The van der Waals surface area contributed by atoms with Gasteiger partial charge in [-0.15, -0.1) is 0 Å². The topological polar surface area (TPSA) is 92.3 Å². The average Bonchev–Trinajstić information content (AvgIpc) is 2.51. The molecule has 0 bridgehead atoms. The summed E-state index contributed by atoms with van der Waals surface area (Å²) in [5, 5.41) is -0.641. The van der Waals surface area contributed by atoms with Crippen molar-refractivity contribution in [2.75, 3.05) is 4.72 Å². The molecule has 0 fully saturated rings. The van der Waals surface area contributed by atoms with Gasteiger partial charge in [0.25, 0.3) is 10.0 Å². The van der Waals surface area contributed by atoms with Crippen molar-refractivity contribution in [1.29, 1.82) is 0 Å². The molecule has 0 spiro atoms. The van der Waals surface area contributed by atoms with Gasteiger partial charge >= 0.3 is 6.18 Å². The van der Waals surface area contributed by atoms with Gasteiger partial charge in [0.05, 0.1) is 26.1 Å². The zero-order chi connectivity index (χ0) is 22.3. The van der Waals surface area contributed by atoms with Gasteiger partial charge in [-0.2, -0.15) is 13.2 Å². The number of sulfonamides is 2. The van der Waals surface area contributed by atoms with Crippen LogP contribution in [0.15, 0.2) is 52.3 Å².